The predicted molar refractivity (Wildman–Crippen MR) is 69.2 cm³/mol. The standard InChI is InChI=1S/C14H17N3O/c1-9-5-3-4-6-12(9)13-16-14(18-17-13)10(2)11-7-15-8-11/h3-6,10-11,15H,7-8H2,1-2H3. The molecule has 4 nitrogen and oxygen atoms in total. The van der Waals surface area contributed by atoms with Gasteiger partial charge >= 0.3 is 0 Å². The van der Waals surface area contributed by atoms with Crippen molar-refractivity contribution in [2.75, 3.05) is 13.1 Å². The third kappa shape index (κ3) is 1.93. The van der Waals surface area contributed by atoms with E-state index in [-0.39, 0.29) is 0 Å². The van der Waals surface area contributed by atoms with Crippen LogP contribution in [0.1, 0.15) is 24.3 Å². The van der Waals surface area contributed by atoms with Crippen LogP contribution in [0.15, 0.2) is 28.8 Å². The van der Waals surface area contributed by atoms with Crippen LogP contribution in [-0.2, 0) is 0 Å². The minimum Gasteiger partial charge on any atom is -0.339 e. The minimum absolute atomic E-state index is 0.330. The van der Waals surface area contributed by atoms with Crippen LogP contribution in [0.2, 0.25) is 0 Å². The number of nitrogens with zero attached hydrogens (tertiary/aromatic N) is 2. The zero-order valence-corrected chi connectivity index (χ0v) is 10.7. The molecule has 2 heterocycles. The van der Waals surface area contributed by atoms with E-state index in [1.54, 1.807) is 0 Å². The third-order valence-corrected chi connectivity index (χ3v) is 3.74. The van der Waals surface area contributed by atoms with Crippen LogP contribution in [0, 0.1) is 12.8 Å². The van der Waals surface area contributed by atoms with Crippen molar-refractivity contribution in [1.82, 2.24) is 15.5 Å². The molecule has 3 rings (SSSR count). The molecule has 94 valence electrons. The monoisotopic (exact) mass is 243 g/mol. The van der Waals surface area contributed by atoms with Gasteiger partial charge in [0.2, 0.25) is 11.7 Å². The van der Waals surface area contributed by atoms with Crippen LogP contribution in [0.5, 0.6) is 0 Å². The molecule has 1 fully saturated rings. The van der Waals surface area contributed by atoms with Crippen molar-refractivity contribution in [1.29, 1.82) is 0 Å². The van der Waals surface area contributed by atoms with Crippen LogP contribution >= 0.6 is 0 Å². The van der Waals surface area contributed by atoms with Crippen molar-refractivity contribution < 1.29 is 4.52 Å². The van der Waals surface area contributed by atoms with Gasteiger partial charge in [-0.15, -0.1) is 0 Å². The minimum atomic E-state index is 0.330. The van der Waals surface area contributed by atoms with E-state index < -0.39 is 0 Å². The fraction of sp³-hybridized carbons (Fsp3) is 0.429. The number of hydrogen-bond donors (Lipinski definition) is 1. The Bertz CT molecular complexity index is 545. The summed E-state index contributed by atoms with van der Waals surface area (Å²) in [4.78, 5) is 4.54. The maximum Gasteiger partial charge on any atom is 0.230 e. The second kappa shape index (κ2) is 4.53. The second-order valence-electron chi connectivity index (χ2n) is 4.98. The highest BCUT2D eigenvalue weighted by Crippen LogP contribution is 2.28. The van der Waals surface area contributed by atoms with Crippen molar-refractivity contribution >= 4 is 0 Å². The number of aryl methyl sites for hydroxylation is 1. The molecule has 4 heteroatoms. The maximum atomic E-state index is 5.40. The summed E-state index contributed by atoms with van der Waals surface area (Å²) in [5.74, 6) is 2.40. The maximum absolute atomic E-state index is 5.40. The van der Waals surface area contributed by atoms with E-state index in [2.05, 4.69) is 35.4 Å². The van der Waals surface area contributed by atoms with Gasteiger partial charge in [0.15, 0.2) is 0 Å². The summed E-state index contributed by atoms with van der Waals surface area (Å²) in [6.07, 6.45) is 0. The smallest absolute Gasteiger partial charge is 0.230 e. The Labute approximate surface area is 106 Å². The number of hydrogen-bond acceptors (Lipinski definition) is 4. The highest BCUT2D eigenvalue weighted by Gasteiger charge is 2.28. The van der Waals surface area contributed by atoms with Crippen LogP contribution in [0.25, 0.3) is 11.4 Å². The summed E-state index contributed by atoms with van der Waals surface area (Å²) in [5, 5.41) is 7.37. The second-order valence-corrected chi connectivity index (χ2v) is 4.98. The zero-order valence-electron chi connectivity index (χ0n) is 10.7. The Morgan fingerprint density at radius 3 is 2.78 bits per heavy atom. The van der Waals surface area contributed by atoms with E-state index in [1.807, 2.05) is 18.2 Å². The molecule has 0 radical (unpaired) electrons. The predicted octanol–water partition coefficient (Wildman–Crippen LogP) is 2.37. The normalized spacial score (nSPS) is 17.4. The quantitative estimate of drug-likeness (QED) is 0.899. The molecule has 0 amide bonds. The fourth-order valence-corrected chi connectivity index (χ4v) is 2.22. The molecule has 2 aromatic rings. The lowest BCUT2D eigenvalue weighted by Crippen LogP contribution is -2.44. The van der Waals surface area contributed by atoms with Crippen molar-refractivity contribution in [3.05, 3.63) is 35.7 Å². The van der Waals surface area contributed by atoms with Gasteiger partial charge in [-0.05, 0) is 31.5 Å². The Hall–Kier alpha value is -1.68. The molecule has 1 aromatic heterocycles. The van der Waals surface area contributed by atoms with Gasteiger partial charge in [-0.25, -0.2) is 0 Å². The van der Waals surface area contributed by atoms with Gasteiger partial charge in [-0.1, -0.05) is 36.3 Å². The Kier molecular flexibility index (Phi) is 2.88. The fourth-order valence-electron chi connectivity index (χ4n) is 2.22. The molecule has 1 N–H and O–H groups in total. The molecule has 1 unspecified atom stereocenters. The molecule has 0 aliphatic carbocycles. The van der Waals surface area contributed by atoms with Gasteiger partial charge in [-0.2, -0.15) is 4.98 Å². The molecule has 1 saturated heterocycles. The van der Waals surface area contributed by atoms with E-state index in [4.69, 9.17) is 4.52 Å². The van der Waals surface area contributed by atoms with Crippen molar-refractivity contribution in [3.63, 3.8) is 0 Å². The lowest BCUT2D eigenvalue weighted by atomic mass is 9.89. The molecule has 0 bridgehead atoms. The van der Waals surface area contributed by atoms with Gasteiger partial charge in [0.25, 0.3) is 0 Å². The highest BCUT2D eigenvalue weighted by molar-refractivity contribution is 5.58. The first-order valence-electron chi connectivity index (χ1n) is 6.36. The van der Waals surface area contributed by atoms with Gasteiger partial charge < -0.3 is 9.84 Å². The van der Waals surface area contributed by atoms with E-state index in [1.165, 1.54) is 5.56 Å². The van der Waals surface area contributed by atoms with Crippen molar-refractivity contribution in [2.24, 2.45) is 5.92 Å². The molecular formula is C14H17N3O. The highest BCUT2D eigenvalue weighted by atomic mass is 16.5. The van der Waals surface area contributed by atoms with Crippen LogP contribution in [0.3, 0.4) is 0 Å². The first kappa shape index (κ1) is 11.4. The topological polar surface area (TPSA) is 51.0 Å². The first-order valence-corrected chi connectivity index (χ1v) is 6.36. The summed E-state index contributed by atoms with van der Waals surface area (Å²) in [5.41, 5.74) is 2.22. The number of rotatable bonds is 3. The van der Waals surface area contributed by atoms with Gasteiger partial charge in [-0.3, -0.25) is 0 Å². The molecule has 1 aliphatic rings. The molecule has 1 aromatic carbocycles. The largest absolute Gasteiger partial charge is 0.339 e. The lowest BCUT2D eigenvalue weighted by Gasteiger charge is -2.30. The Morgan fingerprint density at radius 1 is 1.33 bits per heavy atom. The first-order chi connectivity index (χ1) is 8.75. The van der Waals surface area contributed by atoms with Gasteiger partial charge in [0.05, 0.1) is 0 Å². The van der Waals surface area contributed by atoms with Crippen molar-refractivity contribution in [2.45, 2.75) is 19.8 Å². The summed E-state index contributed by atoms with van der Waals surface area (Å²) in [7, 11) is 0. The molecule has 0 saturated carbocycles. The summed E-state index contributed by atoms with van der Waals surface area (Å²) in [6.45, 7) is 6.30. The average molecular weight is 243 g/mol. The molecule has 0 spiro atoms. The lowest BCUT2D eigenvalue weighted by molar-refractivity contribution is 0.252. The Morgan fingerprint density at radius 2 is 2.11 bits per heavy atom. The van der Waals surface area contributed by atoms with E-state index >= 15 is 0 Å². The van der Waals surface area contributed by atoms with Crippen molar-refractivity contribution in [3.8, 4) is 11.4 Å². The van der Waals surface area contributed by atoms with Crippen LogP contribution in [0.4, 0.5) is 0 Å². The molecule has 1 atom stereocenters. The molecular weight excluding hydrogens is 226 g/mol. The Balaban J connectivity index is 1.87. The SMILES string of the molecule is Cc1ccccc1-c1noc(C(C)C2CNC2)n1. The number of benzene rings is 1. The van der Waals surface area contributed by atoms with E-state index in [0.29, 0.717) is 17.7 Å². The molecule has 18 heavy (non-hydrogen) atoms. The molecule has 1 aliphatic heterocycles. The number of nitrogens with one attached hydrogen (secondary N) is 1. The van der Waals surface area contributed by atoms with E-state index in [9.17, 15) is 0 Å². The van der Waals surface area contributed by atoms with Crippen LogP contribution in [-0.4, -0.2) is 23.2 Å². The van der Waals surface area contributed by atoms with Crippen LogP contribution < -0.4 is 5.32 Å². The average Bonchev–Trinajstić information content (AvgIpc) is 2.76. The van der Waals surface area contributed by atoms with E-state index in [0.717, 1.165) is 24.5 Å². The summed E-state index contributed by atoms with van der Waals surface area (Å²) >= 11 is 0. The summed E-state index contributed by atoms with van der Waals surface area (Å²) in [6, 6.07) is 8.10. The zero-order chi connectivity index (χ0) is 12.5. The third-order valence-electron chi connectivity index (χ3n) is 3.74. The summed E-state index contributed by atoms with van der Waals surface area (Å²) < 4.78 is 5.40. The van der Waals surface area contributed by atoms with Gasteiger partial charge in [0.1, 0.15) is 0 Å². The number of aromatic nitrogens is 2. The van der Waals surface area contributed by atoms with Gasteiger partial charge in [0, 0.05) is 11.5 Å².